The van der Waals surface area contributed by atoms with Crippen molar-refractivity contribution in [2.24, 2.45) is 0 Å². The number of likely N-dealkylation sites (N-methyl/N-ethyl adjacent to an activating group) is 1. The monoisotopic (exact) mass is 260 g/mol. The van der Waals surface area contributed by atoms with Gasteiger partial charge in [-0.1, -0.05) is 23.8 Å². The number of hydrogen-bond donors (Lipinski definition) is 0. The van der Waals surface area contributed by atoms with Gasteiger partial charge in [0.2, 0.25) is 0 Å². The van der Waals surface area contributed by atoms with Gasteiger partial charge in [-0.3, -0.25) is 9.69 Å². The zero-order valence-electron chi connectivity index (χ0n) is 12.4. The molecule has 2 rings (SSSR count). The lowest BCUT2D eigenvalue weighted by Crippen LogP contribution is -2.51. The third kappa shape index (κ3) is 3.43. The minimum atomic E-state index is 0.245. The van der Waals surface area contributed by atoms with Gasteiger partial charge in [-0.2, -0.15) is 0 Å². The molecule has 1 unspecified atom stereocenters. The van der Waals surface area contributed by atoms with Crippen LogP contribution in [0.1, 0.15) is 28.4 Å². The molecule has 0 aliphatic carbocycles. The first-order valence-corrected chi connectivity index (χ1v) is 7.00. The Hall–Kier alpha value is -1.19. The fourth-order valence-corrected chi connectivity index (χ4v) is 2.68. The summed E-state index contributed by atoms with van der Waals surface area (Å²) in [6.45, 7) is 9.85. The molecule has 0 bridgehead atoms. The number of hydrogen-bond acceptors (Lipinski definition) is 3. The van der Waals surface area contributed by atoms with Crippen molar-refractivity contribution in [1.29, 1.82) is 0 Å². The van der Waals surface area contributed by atoms with Gasteiger partial charge >= 0.3 is 0 Å². The molecule has 0 spiro atoms. The summed E-state index contributed by atoms with van der Waals surface area (Å²) in [5.41, 5.74) is 3.17. The Morgan fingerprint density at radius 1 is 1.32 bits per heavy atom. The first-order valence-electron chi connectivity index (χ1n) is 7.00. The Kier molecular flexibility index (Phi) is 4.38. The van der Waals surface area contributed by atoms with Crippen LogP contribution in [0.4, 0.5) is 0 Å². The molecule has 0 aromatic heterocycles. The van der Waals surface area contributed by atoms with Gasteiger partial charge in [0.25, 0.3) is 0 Å². The fraction of sp³-hybridized carbons (Fsp3) is 0.562. The molecule has 0 radical (unpaired) electrons. The average Bonchev–Trinajstić information content (AvgIpc) is 2.33. The molecule has 0 N–H and O–H groups in total. The van der Waals surface area contributed by atoms with E-state index in [2.05, 4.69) is 36.8 Å². The summed E-state index contributed by atoms with van der Waals surface area (Å²) in [4.78, 5) is 17.0. The van der Waals surface area contributed by atoms with Crippen LogP contribution in [0.3, 0.4) is 0 Å². The highest BCUT2D eigenvalue weighted by Gasteiger charge is 2.22. The molecule has 1 aliphatic heterocycles. The van der Waals surface area contributed by atoms with Gasteiger partial charge in [0.15, 0.2) is 5.78 Å². The number of carbonyl (C=O) groups is 1. The predicted molar refractivity (Wildman–Crippen MR) is 78.8 cm³/mol. The molecule has 1 atom stereocenters. The second-order valence-corrected chi connectivity index (χ2v) is 5.81. The molecular weight excluding hydrogens is 236 g/mol. The minimum absolute atomic E-state index is 0.245. The van der Waals surface area contributed by atoms with Crippen LogP contribution in [0.25, 0.3) is 0 Å². The van der Waals surface area contributed by atoms with E-state index in [1.807, 2.05) is 19.1 Å². The van der Waals surface area contributed by atoms with Crippen LogP contribution < -0.4 is 0 Å². The molecule has 1 fully saturated rings. The van der Waals surface area contributed by atoms with E-state index in [1.165, 1.54) is 5.56 Å². The Labute approximate surface area is 116 Å². The molecule has 19 heavy (non-hydrogen) atoms. The SMILES string of the molecule is Cc1ccc(C(=O)CN2CCN(C)C(C)C2)c(C)c1. The second kappa shape index (κ2) is 5.85. The molecule has 3 nitrogen and oxygen atoms in total. The summed E-state index contributed by atoms with van der Waals surface area (Å²) in [7, 11) is 2.15. The standard InChI is InChI=1S/C16H24N2O/c1-12-5-6-15(13(2)9-12)16(19)11-18-8-7-17(4)14(3)10-18/h5-6,9,14H,7-8,10-11H2,1-4H3. The summed E-state index contributed by atoms with van der Waals surface area (Å²) in [6.07, 6.45) is 0. The van der Waals surface area contributed by atoms with Gasteiger partial charge < -0.3 is 4.90 Å². The first-order chi connectivity index (χ1) is 8.97. The lowest BCUT2D eigenvalue weighted by molar-refractivity contribution is 0.0785. The molecule has 1 aromatic carbocycles. The fourth-order valence-electron chi connectivity index (χ4n) is 2.68. The van der Waals surface area contributed by atoms with Crippen LogP contribution in [0.15, 0.2) is 18.2 Å². The maximum Gasteiger partial charge on any atom is 0.177 e. The third-order valence-electron chi connectivity index (χ3n) is 4.09. The highest BCUT2D eigenvalue weighted by atomic mass is 16.1. The van der Waals surface area contributed by atoms with Crippen LogP contribution in [-0.4, -0.2) is 54.9 Å². The number of ketones is 1. The summed E-state index contributed by atoms with van der Waals surface area (Å²) >= 11 is 0. The van der Waals surface area contributed by atoms with Crippen LogP contribution in [-0.2, 0) is 0 Å². The lowest BCUT2D eigenvalue weighted by atomic mass is 10.0. The quantitative estimate of drug-likeness (QED) is 0.778. The van der Waals surface area contributed by atoms with E-state index in [0.29, 0.717) is 12.6 Å². The molecular formula is C16H24N2O. The number of benzene rings is 1. The van der Waals surface area contributed by atoms with Gasteiger partial charge in [0.05, 0.1) is 6.54 Å². The topological polar surface area (TPSA) is 23.6 Å². The molecule has 1 saturated heterocycles. The van der Waals surface area contributed by atoms with Gasteiger partial charge in [-0.05, 0) is 33.4 Å². The van der Waals surface area contributed by atoms with Crippen molar-refractivity contribution in [3.05, 3.63) is 34.9 Å². The van der Waals surface area contributed by atoms with E-state index >= 15 is 0 Å². The summed E-state index contributed by atoms with van der Waals surface area (Å²) in [5.74, 6) is 0.245. The second-order valence-electron chi connectivity index (χ2n) is 5.81. The smallest absolute Gasteiger partial charge is 0.177 e. The normalized spacial score (nSPS) is 21.6. The summed E-state index contributed by atoms with van der Waals surface area (Å²) in [6, 6.07) is 6.60. The third-order valence-corrected chi connectivity index (χ3v) is 4.09. The van der Waals surface area contributed by atoms with Crippen LogP contribution in [0.5, 0.6) is 0 Å². The number of rotatable bonds is 3. The van der Waals surface area contributed by atoms with Crippen molar-refractivity contribution in [2.45, 2.75) is 26.8 Å². The maximum absolute atomic E-state index is 12.4. The first kappa shape index (κ1) is 14.2. The van der Waals surface area contributed by atoms with E-state index in [9.17, 15) is 4.79 Å². The molecule has 1 aromatic rings. The number of carbonyl (C=O) groups excluding carboxylic acids is 1. The van der Waals surface area contributed by atoms with E-state index in [-0.39, 0.29) is 5.78 Å². The van der Waals surface area contributed by atoms with E-state index in [4.69, 9.17) is 0 Å². The zero-order valence-corrected chi connectivity index (χ0v) is 12.4. The van der Waals surface area contributed by atoms with Crippen molar-refractivity contribution >= 4 is 5.78 Å². The number of aryl methyl sites for hydroxylation is 2. The van der Waals surface area contributed by atoms with Gasteiger partial charge in [-0.25, -0.2) is 0 Å². The molecule has 1 heterocycles. The predicted octanol–water partition coefficient (Wildman–Crippen LogP) is 2.12. The van der Waals surface area contributed by atoms with Crippen molar-refractivity contribution < 1.29 is 4.79 Å². The molecule has 104 valence electrons. The Morgan fingerprint density at radius 3 is 2.68 bits per heavy atom. The Balaban J connectivity index is 2.01. The van der Waals surface area contributed by atoms with Crippen molar-refractivity contribution in [3.63, 3.8) is 0 Å². The Bertz CT molecular complexity index is 470. The summed E-state index contributed by atoms with van der Waals surface area (Å²) < 4.78 is 0. The minimum Gasteiger partial charge on any atom is -0.301 e. The highest BCUT2D eigenvalue weighted by molar-refractivity contribution is 5.99. The number of nitrogens with zero attached hydrogens (tertiary/aromatic N) is 2. The Morgan fingerprint density at radius 2 is 2.05 bits per heavy atom. The van der Waals surface area contributed by atoms with Gasteiger partial charge in [-0.15, -0.1) is 0 Å². The number of Topliss-reactive ketones (excluding diaryl/α,β-unsaturated/α-hetero) is 1. The van der Waals surface area contributed by atoms with Crippen LogP contribution in [0, 0.1) is 13.8 Å². The van der Waals surface area contributed by atoms with Gasteiger partial charge in [0.1, 0.15) is 0 Å². The lowest BCUT2D eigenvalue weighted by Gasteiger charge is -2.37. The average molecular weight is 260 g/mol. The molecule has 1 aliphatic rings. The summed E-state index contributed by atoms with van der Waals surface area (Å²) in [5, 5.41) is 0. The van der Waals surface area contributed by atoms with Crippen molar-refractivity contribution in [3.8, 4) is 0 Å². The largest absolute Gasteiger partial charge is 0.301 e. The van der Waals surface area contributed by atoms with Crippen molar-refractivity contribution in [2.75, 3.05) is 33.2 Å². The van der Waals surface area contributed by atoms with Crippen molar-refractivity contribution in [1.82, 2.24) is 9.80 Å². The maximum atomic E-state index is 12.4. The van der Waals surface area contributed by atoms with E-state index < -0.39 is 0 Å². The van der Waals surface area contributed by atoms with Crippen LogP contribution in [0.2, 0.25) is 0 Å². The van der Waals surface area contributed by atoms with E-state index in [1.54, 1.807) is 0 Å². The molecule has 0 saturated carbocycles. The molecule has 3 heteroatoms. The zero-order chi connectivity index (χ0) is 14.0. The van der Waals surface area contributed by atoms with E-state index in [0.717, 1.165) is 30.8 Å². The molecule has 0 amide bonds. The van der Waals surface area contributed by atoms with Gasteiger partial charge in [0, 0.05) is 31.2 Å². The highest BCUT2D eigenvalue weighted by Crippen LogP contribution is 2.13. The van der Waals surface area contributed by atoms with Crippen LogP contribution >= 0.6 is 0 Å². The number of piperazine rings is 1.